The van der Waals surface area contributed by atoms with E-state index in [1.807, 2.05) is 11.6 Å². The molecule has 0 aromatic carbocycles. The summed E-state index contributed by atoms with van der Waals surface area (Å²) >= 11 is 1.53. The summed E-state index contributed by atoms with van der Waals surface area (Å²) in [5, 5.41) is 0. The molecule has 0 saturated heterocycles. The van der Waals surface area contributed by atoms with Crippen LogP contribution in [0, 0.1) is 0 Å². The molecule has 0 bridgehead atoms. The molecule has 1 aromatic rings. The molecule has 0 atom stereocenters. The topological polar surface area (TPSA) is 54.4 Å². The van der Waals surface area contributed by atoms with Crippen molar-refractivity contribution in [3.8, 4) is 0 Å². The first-order chi connectivity index (χ1) is 5.47. The highest BCUT2D eigenvalue weighted by Gasteiger charge is 2.12. The Labute approximate surface area is 68.2 Å². The van der Waals surface area contributed by atoms with E-state index in [2.05, 4.69) is 14.8 Å². The summed E-state index contributed by atoms with van der Waals surface area (Å²) < 4.78 is 0. The molecule has 11 heavy (non-hydrogen) atoms. The van der Waals surface area contributed by atoms with E-state index in [9.17, 15) is 0 Å². The minimum atomic E-state index is 0.777. The van der Waals surface area contributed by atoms with Gasteiger partial charge >= 0.3 is 0 Å². The third-order valence-electron chi connectivity index (χ3n) is 1.26. The normalized spacial score (nSPS) is 16.5. The Morgan fingerprint density at radius 1 is 1.36 bits per heavy atom. The molecule has 56 valence electrons. The van der Waals surface area contributed by atoms with E-state index in [0.29, 0.717) is 0 Å². The smallest absolute Gasteiger partial charge is 0.172 e. The van der Waals surface area contributed by atoms with Crippen molar-refractivity contribution in [2.75, 3.05) is 0 Å². The molecule has 0 unspecified atom stereocenters. The third kappa shape index (κ3) is 1.40. The fourth-order valence-corrected chi connectivity index (χ4v) is 1.38. The Morgan fingerprint density at radius 3 is 2.82 bits per heavy atom. The molecular weight excluding hydrogens is 160 g/mol. The molecule has 1 aliphatic rings. The fourth-order valence-electron chi connectivity index (χ4n) is 0.788. The maximum absolute atomic E-state index is 4.10. The second-order valence-corrected chi connectivity index (χ2v) is 2.87. The van der Waals surface area contributed by atoms with Crippen LogP contribution in [0.4, 0.5) is 0 Å². The molecule has 0 aliphatic carbocycles. The number of hydrogen-bond donors (Lipinski definition) is 2. The number of nitrogens with zero attached hydrogens (tertiary/aromatic N) is 2. The summed E-state index contributed by atoms with van der Waals surface area (Å²) in [6.45, 7) is 0. The van der Waals surface area contributed by atoms with Gasteiger partial charge in [-0.2, -0.15) is 0 Å². The van der Waals surface area contributed by atoms with Crippen molar-refractivity contribution in [1.82, 2.24) is 14.8 Å². The summed E-state index contributed by atoms with van der Waals surface area (Å²) in [4.78, 5) is 12.3. The Hall–Kier alpha value is -0.910. The molecule has 0 spiro atoms. The first kappa shape index (κ1) is 6.78. The number of nitrogens with two attached hydrogens (primary N) is 1. The Morgan fingerprint density at radius 2 is 2.18 bits per heavy atom. The van der Waals surface area contributed by atoms with E-state index in [1.165, 1.54) is 11.9 Å². The van der Waals surface area contributed by atoms with Gasteiger partial charge < -0.3 is 0 Å². The van der Waals surface area contributed by atoms with Crippen LogP contribution in [0.25, 0.3) is 4.91 Å². The number of quaternary nitrogens is 1. The predicted molar refractivity (Wildman–Crippen MR) is 42.7 cm³/mol. The zero-order chi connectivity index (χ0) is 7.52. The summed E-state index contributed by atoms with van der Waals surface area (Å²) in [5.41, 5.74) is 1.87. The van der Waals surface area contributed by atoms with Crippen LogP contribution in [0.2, 0.25) is 0 Å². The maximum Gasteiger partial charge on any atom is 0.172 e. The van der Waals surface area contributed by atoms with Crippen molar-refractivity contribution >= 4 is 16.9 Å². The van der Waals surface area contributed by atoms with E-state index in [0.717, 1.165) is 10.7 Å². The quantitative estimate of drug-likeness (QED) is 0.437. The van der Waals surface area contributed by atoms with Gasteiger partial charge in [0.15, 0.2) is 5.82 Å². The maximum atomic E-state index is 4.10. The van der Waals surface area contributed by atoms with Crippen molar-refractivity contribution in [3.05, 3.63) is 30.5 Å². The molecule has 0 amide bonds. The number of nitrogens with one attached hydrogen (secondary N) is 1. The van der Waals surface area contributed by atoms with Crippen LogP contribution in [0.3, 0.4) is 0 Å². The van der Waals surface area contributed by atoms with Crippen LogP contribution in [0.5, 0.6) is 0 Å². The third-order valence-corrected chi connectivity index (χ3v) is 2.05. The van der Waals surface area contributed by atoms with Crippen molar-refractivity contribution in [1.29, 1.82) is 0 Å². The molecule has 0 saturated carbocycles. The van der Waals surface area contributed by atoms with E-state index in [4.69, 9.17) is 0 Å². The van der Waals surface area contributed by atoms with Crippen molar-refractivity contribution < 1.29 is 5.43 Å². The molecule has 0 radical (unpaired) electrons. The van der Waals surface area contributed by atoms with E-state index < -0.39 is 0 Å². The summed E-state index contributed by atoms with van der Waals surface area (Å²) in [7, 11) is 0. The molecule has 0 fully saturated rings. The van der Waals surface area contributed by atoms with Crippen molar-refractivity contribution in [2.24, 2.45) is 0 Å². The molecule has 1 aromatic heterocycles. The molecule has 5 heteroatoms. The van der Waals surface area contributed by atoms with E-state index in [1.54, 1.807) is 18.5 Å². The highest BCUT2D eigenvalue weighted by molar-refractivity contribution is 8.06. The molecule has 1 aliphatic heterocycles. The average Bonchev–Trinajstić information content (AvgIpc) is 2.58. The minimum absolute atomic E-state index is 0.777. The molecule has 2 rings (SSSR count). The zero-order valence-corrected chi connectivity index (χ0v) is 6.51. The van der Waals surface area contributed by atoms with Crippen LogP contribution >= 0.6 is 11.9 Å². The highest BCUT2D eigenvalue weighted by atomic mass is 32.2. The first-order valence-electron chi connectivity index (χ1n) is 3.20. The lowest BCUT2D eigenvalue weighted by Crippen LogP contribution is -2.83. The lowest BCUT2D eigenvalue weighted by molar-refractivity contribution is -0.620. The largest absolute Gasteiger partial charge is 0.236 e. The van der Waals surface area contributed by atoms with Gasteiger partial charge in [-0.25, -0.2) is 15.4 Å². The average molecular weight is 167 g/mol. The lowest BCUT2D eigenvalue weighted by Gasteiger charge is -1.92. The Kier molecular flexibility index (Phi) is 1.85. The van der Waals surface area contributed by atoms with Crippen LogP contribution in [-0.4, -0.2) is 9.97 Å². The van der Waals surface area contributed by atoms with Crippen molar-refractivity contribution in [2.45, 2.75) is 0 Å². The van der Waals surface area contributed by atoms with Gasteiger partial charge in [0.05, 0.1) is 0 Å². The predicted octanol–water partition coefficient (Wildman–Crippen LogP) is -0.495. The van der Waals surface area contributed by atoms with Gasteiger partial charge in [0.1, 0.15) is 11.1 Å². The number of rotatable bonds is 1. The zero-order valence-electron chi connectivity index (χ0n) is 5.69. The lowest BCUT2D eigenvalue weighted by atomic mass is 10.5. The number of hydrogen-bond acceptors (Lipinski definition) is 4. The van der Waals surface area contributed by atoms with Gasteiger partial charge in [0.25, 0.3) is 0 Å². The molecule has 2 heterocycles. The van der Waals surface area contributed by atoms with Crippen LogP contribution in [0.15, 0.2) is 24.7 Å². The van der Waals surface area contributed by atoms with Crippen molar-refractivity contribution in [3.63, 3.8) is 0 Å². The van der Waals surface area contributed by atoms with Gasteiger partial charge in [-0.1, -0.05) is 0 Å². The number of aromatic nitrogens is 2. The summed E-state index contributed by atoms with van der Waals surface area (Å²) in [5.74, 6) is 0.777. The first-order valence-corrected chi connectivity index (χ1v) is 4.02. The van der Waals surface area contributed by atoms with Gasteiger partial charge in [-0.3, -0.25) is 0 Å². The van der Waals surface area contributed by atoms with Gasteiger partial charge in [-0.15, -0.1) is 4.83 Å². The summed E-state index contributed by atoms with van der Waals surface area (Å²) in [6, 6.07) is 1.81. The van der Waals surface area contributed by atoms with E-state index >= 15 is 0 Å². The molecule has 4 nitrogen and oxygen atoms in total. The SMILES string of the molecule is C1=C(c2ncccn2)SN[NH2+]1. The summed E-state index contributed by atoms with van der Waals surface area (Å²) in [6.07, 6.45) is 5.43. The highest BCUT2D eigenvalue weighted by Crippen LogP contribution is 2.19. The van der Waals surface area contributed by atoms with Crippen LogP contribution in [-0.2, 0) is 0 Å². The second kappa shape index (κ2) is 3.00. The monoisotopic (exact) mass is 167 g/mol. The minimum Gasteiger partial charge on any atom is -0.236 e. The van der Waals surface area contributed by atoms with Gasteiger partial charge in [0, 0.05) is 24.3 Å². The second-order valence-electron chi connectivity index (χ2n) is 1.99. The van der Waals surface area contributed by atoms with Crippen LogP contribution in [0.1, 0.15) is 5.82 Å². The van der Waals surface area contributed by atoms with E-state index in [-0.39, 0.29) is 0 Å². The Balaban J connectivity index is 2.29. The molecular formula is C6H7N4S+. The van der Waals surface area contributed by atoms with Gasteiger partial charge in [0.2, 0.25) is 0 Å². The van der Waals surface area contributed by atoms with Crippen LogP contribution < -0.4 is 10.3 Å². The van der Waals surface area contributed by atoms with Gasteiger partial charge in [-0.05, 0) is 6.07 Å². The standard InChI is InChI=1S/C6H6N4S/c1-2-7-6(8-3-1)5-4-9-10-11-5/h1-4,9-10H/p+1. The molecule has 3 N–H and O–H groups in total. The Bertz CT molecular complexity index is 271. The fraction of sp³-hybridized carbons (Fsp3) is 0.